The van der Waals surface area contributed by atoms with Crippen LogP contribution in [0.5, 0.6) is 0 Å². The third-order valence-corrected chi connectivity index (χ3v) is 3.56. The number of methoxy groups -OCH3 is 1. The average Bonchev–Trinajstić information content (AvgIpc) is 2.34. The van der Waals surface area contributed by atoms with Gasteiger partial charge in [-0.3, -0.25) is 0 Å². The molecule has 1 heterocycles. The number of ether oxygens (including phenoxy) is 2. The molecule has 1 saturated heterocycles. The van der Waals surface area contributed by atoms with Crippen LogP contribution in [0.4, 0.5) is 4.79 Å². The molecule has 0 bridgehead atoms. The Kier molecular flexibility index (Phi) is 6.94. The number of hydrogen-bond donors (Lipinski definition) is 1. The number of nitrogens with zero attached hydrogens (tertiary/aromatic N) is 1. The quantitative estimate of drug-likeness (QED) is 0.848. The third-order valence-electron chi connectivity index (χ3n) is 3.56. The molecule has 1 amide bonds. The fourth-order valence-corrected chi connectivity index (χ4v) is 2.73. The first-order valence-corrected chi connectivity index (χ1v) is 7.97. The number of carbonyl (C=O) groups excluding carboxylic acids is 1. The van der Waals surface area contributed by atoms with Gasteiger partial charge >= 0.3 is 6.09 Å². The van der Waals surface area contributed by atoms with Gasteiger partial charge in [-0.2, -0.15) is 0 Å². The van der Waals surface area contributed by atoms with E-state index in [1.165, 1.54) is 0 Å². The Hall–Kier alpha value is -0.810. The molecule has 1 fully saturated rings. The van der Waals surface area contributed by atoms with Gasteiger partial charge < -0.3 is 19.7 Å². The maximum atomic E-state index is 12.5. The Morgan fingerprint density at radius 1 is 1.33 bits per heavy atom. The summed E-state index contributed by atoms with van der Waals surface area (Å²) in [6.45, 7) is 11.4. The largest absolute Gasteiger partial charge is 0.444 e. The molecular weight excluding hydrogens is 268 g/mol. The molecule has 5 nitrogen and oxygen atoms in total. The molecule has 0 aromatic heterocycles. The Morgan fingerprint density at radius 3 is 2.52 bits per heavy atom. The number of nitrogens with one attached hydrogen (secondary N) is 1. The fourth-order valence-electron chi connectivity index (χ4n) is 2.73. The van der Waals surface area contributed by atoms with E-state index in [9.17, 15) is 4.79 Å². The molecule has 0 unspecified atom stereocenters. The van der Waals surface area contributed by atoms with Gasteiger partial charge in [-0.15, -0.1) is 0 Å². The SMILES string of the molecule is COCC[C@@H]1CC[C@@H](NC(C)C)CN1C(=O)OC(C)(C)C. The van der Waals surface area contributed by atoms with Crippen molar-refractivity contribution in [3.05, 3.63) is 0 Å². The lowest BCUT2D eigenvalue weighted by Crippen LogP contribution is -2.55. The van der Waals surface area contributed by atoms with Crippen molar-refractivity contribution in [3.63, 3.8) is 0 Å². The van der Waals surface area contributed by atoms with E-state index in [2.05, 4.69) is 19.2 Å². The number of carbonyl (C=O) groups is 1. The summed E-state index contributed by atoms with van der Waals surface area (Å²) in [6.07, 6.45) is 2.74. The van der Waals surface area contributed by atoms with E-state index in [-0.39, 0.29) is 12.1 Å². The van der Waals surface area contributed by atoms with Crippen LogP contribution in [-0.4, -0.2) is 55.0 Å². The van der Waals surface area contributed by atoms with Crippen molar-refractivity contribution in [3.8, 4) is 0 Å². The molecular formula is C16H32N2O3. The molecule has 1 aliphatic rings. The van der Waals surface area contributed by atoms with E-state index >= 15 is 0 Å². The van der Waals surface area contributed by atoms with Gasteiger partial charge in [0.15, 0.2) is 0 Å². The first-order chi connectivity index (χ1) is 9.73. The van der Waals surface area contributed by atoms with Gasteiger partial charge in [0.1, 0.15) is 5.60 Å². The zero-order chi connectivity index (χ0) is 16.0. The highest BCUT2D eigenvalue weighted by Gasteiger charge is 2.34. The minimum Gasteiger partial charge on any atom is -0.444 e. The molecule has 1 N–H and O–H groups in total. The van der Waals surface area contributed by atoms with E-state index in [0.717, 1.165) is 19.3 Å². The summed E-state index contributed by atoms with van der Waals surface area (Å²) in [4.78, 5) is 14.3. The molecule has 0 aromatic carbocycles. The second-order valence-electron chi connectivity index (χ2n) is 7.16. The second kappa shape index (κ2) is 7.99. The van der Waals surface area contributed by atoms with Crippen molar-refractivity contribution >= 4 is 6.09 Å². The van der Waals surface area contributed by atoms with Crippen LogP contribution >= 0.6 is 0 Å². The molecule has 124 valence electrons. The predicted octanol–water partition coefficient (Wildman–Crippen LogP) is 2.79. The number of rotatable bonds is 5. The highest BCUT2D eigenvalue weighted by Crippen LogP contribution is 2.23. The topological polar surface area (TPSA) is 50.8 Å². The van der Waals surface area contributed by atoms with Crippen molar-refractivity contribution in [2.75, 3.05) is 20.3 Å². The summed E-state index contributed by atoms with van der Waals surface area (Å²) < 4.78 is 10.7. The molecule has 1 aliphatic heterocycles. The number of likely N-dealkylation sites (tertiary alicyclic amines) is 1. The van der Waals surface area contributed by atoms with Crippen LogP contribution in [0, 0.1) is 0 Å². The smallest absolute Gasteiger partial charge is 0.410 e. The first-order valence-electron chi connectivity index (χ1n) is 7.97. The van der Waals surface area contributed by atoms with E-state index in [0.29, 0.717) is 25.2 Å². The molecule has 5 heteroatoms. The molecule has 21 heavy (non-hydrogen) atoms. The highest BCUT2D eigenvalue weighted by molar-refractivity contribution is 5.68. The van der Waals surface area contributed by atoms with Crippen molar-refractivity contribution in [1.82, 2.24) is 10.2 Å². The second-order valence-corrected chi connectivity index (χ2v) is 7.16. The van der Waals surface area contributed by atoms with Crippen molar-refractivity contribution in [2.45, 2.75) is 77.6 Å². The van der Waals surface area contributed by atoms with Crippen LogP contribution < -0.4 is 5.32 Å². The highest BCUT2D eigenvalue weighted by atomic mass is 16.6. The van der Waals surface area contributed by atoms with Gasteiger partial charge in [-0.25, -0.2) is 4.79 Å². The van der Waals surface area contributed by atoms with Gasteiger partial charge in [0.2, 0.25) is 0 Å². The van der Waals surface area contributed by atoms with Crippen LogP contribution in [0.1, 0.15) is 53.9 Å². The zero-order valence-electron chi connectivity index (χ0n) is 14.4. The van der Waals surface area contributed by atoms with E-state index in [4.69, 9.17) is 9.47 Å². The van der Waals surface area contributed by atoms with Gasteiger partial charge in [0, 0.05) is 38.4 Å². The Labute approximate surface area is 129 Å². The standard InChI is InChI=1S/C16H32N2O3/c1-12(2)17-13-7-8-14(9-10-20-6)18(11-13)15(19)21-16(3,4)5/h12-14,17H,7-11H2,1-6H3/t13-,14+/m1/s1. The fraction of sp³-hybridized carbons (Fsp3) is 0.938. The lowest BCUT2D eigenvalue weighted by atomic mass is 9.96. The Morgan fingerprint density at radius 2 is 2.00 bits per heavy atom. The third kappa shape index (κ3) is 6.66. The number of piperidine rings is 1. The van der Waals surface area contributed by atoms with Crippen molar-refractivity contribution < 1.29 is 14.3 Å². The lowest BCUT2D eigenvalue weighted by molar-refractivity contribution is 0.00135. The average molecular weight is 300 g/mol. The summed E-state index contributed by atoms with van der Waals surface area (Å²) in [5.41, 5.74) is -0.457. The van der Waals surface area contributed by atoms with Gasteiger partial charge in [-0.05, 0) is 40.0 Å². The van der Waals surface area contributed by atoms with E-state index in [1.807, 2.05) is 25.7 Å². The molecule has 0 spiro atoms. The predicted molar refractivity (Wildman–Crippen MR) is 84.5 cm³/mol. The van der Waals surface area contributed by atoms with Gasteiger partial charge in [0.05, 0.1) is 0 Å². The summed E-state index contributed by atoms with van der Waals surface area (Å²) in [7, 11) is 1.70. The molecule has 0 aliphatic carbocycles. The molecule has 0 radical (unpaired) electrons. The minimum atomic E-state index is -0.457. The first kappa shape index (κ1) is 18.2. The van der Waals surface area contributed by atoms with Crippen LogP contribution in [0.2, 0.25) is 0 Å². The number of amides is 1. The molecule has 0 saturated carbocycles. The zero-order valence-corrected chi connectivity index (χ0v) is 14.4. The van der Waals surface area contributed by atoms with Gasteiger partial charge in [0.25, 0.3) is 0 Å². The maximum absolute atomic E-state index is 12.5. The van der Waals surface area contributed by atoms with Crippen LogP contribution in [0.15, 0.2) is 0 Å². The Balaban J connectivity index is 2.70. The summed E-state index contributed by atoms with van der Waals surface area (Å²) in [6, 6.07) is 0.979. The van der Waals surface area contributed by atoms with Crippen molar-refractivity contribution in [1.29, 1.82) is 0 Å². The summed E-state index contributed by atoms with van der Waals surface area (Å²) in [5.74, 6) is 0. The normalized spacial score (nSPS) is 23.5. The van der Waals surface area contributed by atoms with Crippen LogP contribution in [0.25, 0.3) is 0 Å². The van der Waals surface area contributed by atoms with Crippen LogP contribution in [0.3, 0.4) is 0 Å². The Bertz CT molecular complexity index is 326. The molecule has 2 atom stereocenters. The van der Waals surface area contributed by atoms with Crippen LogP contribution in [-0.2, 0) is 9.47 Å². The maximum Gasteiger partial charge on any atom is 0.410 e. The summed E-state index contributed by atoms with van der Waals surface area (Å²) >= 11 is 0. The lowest BCUT2D eigenvalue weighted by Gasteiger charge is -2.41. The monoisotopic (exact) mass is 300 g/mol. The minimum absolute atomic E-state index is 0.209. The van der Waals surface area contributed by atoms with E-state index < -0.39 is 5.60 Å². The van der Waals surface area contributed by atoms with Gasteiger partial charge in [-0.1, -0.05) is 13.8 Å². The van der Waals surface area contributed by atoms with Crippen molar-refractivity contribution in [2.24, 2.45) is 0 Å². The van der Waals surface area contributed by atoms with E-state index in [1.54, 1.807) is 7.11 Å². The summed E-state index contributed by atoms with van der Waals surface area (Å²) in [5, 5.41) is 3.53. The number of hydrogen-bond acceptors (Lipinski definition) is 4. The molecule has 1 rings (SSSR count). The molecule has 0 aromatic rings.